The third kappa shape index (κ3) is 5.58. The number of benzene rings is 2. The van der Waals surface area contributed by atoms with Gasteiger partial charge in [0, 0.05) is 6.92 Å². The molecule has 2 fully saturated rings. The monoisotopic (exact) mass is 425 g/mol. The number of carbonyl (C=O) groups is 1. The number of hydrogen-bond donors (Lipinski definition) is 2. The van der Waals surface area contributed by atoms with E-state index < -0.39 is 36.9 Å². The van der Waals surface area contributed by atoms with Gasteiger partial charge in [0.15, 0.2) is 12.6 Å². The van der Waals surface area contributed by atoms with E-state index in [4.69, 9.17) is 18.9 Å². The van der Waals surface area contributed by atoms with Crippen molar-refractivity contribution in [3.8, 4) is 0 Å². The summed E-state index contributed by atoms with van der Waals surface area (Å²) >= 11 is 0. The first-order valence-electron chi connectivity index (χ1n) is 10.4. The molecule has 0 spiro atoms. The van der Waals surface area contributed by atoms with Crippen LogP contribution in [0.15, 0.2) is 66.7 Å². The SMILES string of the molecule is CC(=O)N[C@H]1[C@H](OCc2ccccc2)O[C@@H]2CO[C@@H](/C=C/c3ccccc3)O[C@H]2[C@@H]1O. The van der Waals surface area contributed by atoms with Gasteiger partial charge >= 0.3 is 0 Å². The first kappa shape index (κ1) is 21.7. The second-order valence-electron chi connectivity index (χ2n) is 7.63. The van der Waals surface area contributed by atoms with Gasteiger partial charge in [-0.05, 0) is 17.2 Å². The average molecular weight is 425 g/mol. The van der Waals surface area contributed by atoms with E-state index in [0.29, 0.717) is 0 Å². The fourth-order valence-electron chi connectivity index (χ4n) is 3.74. The maximum absolute atomic E-state index is 11.8. The number of nitrogens with one attached hydrogen (secondary N) is 1. The van der Waals surface area contributed by atoms with E-state index in [1.165, 1.54) is 6.92 Å². The van der Waals surface area contributed by atoms with Crippen molar-refractivity contribution < 1.29 is 28.8 Å². The minimum absolute atomic E-state index is 0.240. The van der Waals surface area contributed by atoms with Gasteiger partial charge in [-0.15, -0.1) is 0 Å². The molecule has 1 amide bonds. The molecule has 6 atom stereocenters. The van der Waals surface area contributed by atoms with Gasteiger partial charge in [0.25, 0.3) is 0 Å². The van der Waals surface area contributed by atoms with Crippen LogP contribution in [0.3, 0.4) is 0 Å². The van der Waals surface area contributed by atoms with Gasteiger partial charge in [-0.2, -0.15) is 0 Å². The quantitative estimate of drug-likeness (QED) is 0.738. The lowest BCUT2D eigenvalue weighted by Crippen LogP contribution is -2.67. The van der Waals surface area contributed by atoms with Crippen LogP contribution in [-0.4, -0.2) is 54.6 Å². The summed E-state index contributed by atoms with van der Waals surface area (Å²) < 4.78 is 23.7. The van der Waals surface area contributed by atoms with Crippen molar-refractivity contribution in [1.82, 2.24) is 5.32 Å². The van der Waals surface area contributed by atoms with Crippen LogP contribution in [-0.2, 0) is 30.3 Å². The molecule has 2 aliphatic heterocycles. The number of hydrogen-bond acceptors (Lipinski definition) is 6. The summed E-state index contributed by atoms with van der Waals surface area (Å²) in [5.41, 5.74) is 1.98. The maximum atomic E-state index is 11.8. The molecule has 7 heteroatoms. The summed E-state index contributed by atoms with van der Waals surface area (Å²) in [6, 6.07) is 18.7. The lowest BCUT2D eigenvalue weighted by atomic mass is 9.96. The van der Waals surface area contributed by atoms with E-state index in [-0.39, 0.29) is 19.1 Å². The molecule has 2 aliphatic rings. The summed E-state index contributed by atoms with van der Waals surface area (Å²) in [5.74, 6) is -0.285. The Morgan fingerprint density at radius 2 is 1.84 bits per heavy atom. The number of amides is 1. The zero-order chi connectivity index (χ0) is 21.6. The average Bonchev–Trinajstić information content (AvgIpc) is 2.80. The van der Waals surface area contributed by atoms with Gasteiger partial charge in [-0.25, -0.2) is 0 Å². The van der Waals surface area contributed by atoms with Gasteiger partial charge in [-0.3, -0.25) is 4.79 Å². The minimum atomic E-state index is -1.01. The van der Waals surface area contributed by atoms with Crippen LogP contribution in [0.5, 0.6) is 0 Å². The molecule has 0 saturated carbocycles. The fraction of sp³-hybridized carbons (Fsp3) is 0.375. The first-order valence-corrected chi connectivity index (χ1v) is 10.4. The largest absolute Gasteiger partial charge is 0.388 e. The van der Waals surface area contributed by atoms with Gasteiger partial charge in [0.05, 0.1) is 13.2 Å². The van der Waals surface area contributed by atoms with Crippen molar-refractivity contribution in [1.29, 1.82) is 0 Å². The van der Waals surface area contributed by atoms with Gasteiger partial charge in [-0.1, -0.05) is 66.7 Å². The molecule has 2 aromatic rings. The van der Waals surface area contributed by atoms with Crippen molar-refractivity contribution >= 4 is 12.0 Å². The minimum Gasteiger partial charge on any atom is -0.388 e. The van der Waals surface area contributed by atoms with Gasteiger partial charge in [0.2, 0.25) is 5.91 Å². The van der Waals surface area contributed by atoms with E-state index in [2.05, 4.69) is 5.32 Å². The van der Waals surface area contributed by atoms with Crippen LogP contribution in [0.1, 0.15) is 18.1 Å². The highest BCUT2D eigenvalue weighted by molar-refractivity contribution is 5.73. The Labute approximate surface area is 181 Å². The molecule has 7 nitrogen and oxygen atoms in total. The lowest BCUT2D eigenvalue weighted by Gasteiger charge is -2.47. The van der Waals surface area contributed by atoms with Crippen LogP contribution >= 0.6 is 0 Å². The summed E-state index contributed by atoms with van der Waals surface area (Å²) in [6.45, 7) is 1.92. The molecule has 2 heterocycles. The molecule has 0 bridgehead atoms. The van der Waals surface area contributed by atoms with Crippen LogP contribution in [0.2, 0.25) is 0 Å². The van der Waals surface area contributed by atoms with Gasteiger partial charge in [0.1, 0.15) is 24.4 Å². The normalized spacial score (nSPS) is 30.6. The summed E-state index contributed by atoms with van der Waals surface area (Å²) in [7, 11) is 0. The lowest BCUT2D eigenvalue weighted by molar-refractivity contribution is -0.333. The fourth-order valence-corrected chi connectivity index (χ4v) is 3.74. The number of fused-ring (bicyclic) bond motifs is 1. The van der Waals surface area contributed by atoms with Crippen molar-refractivity contribution in [2.45, 2.75) is 50.5 Å². The molecule has 0 radical (unpaired) electrons. The molecular weight excluding hydrogens is 398 g/mol. The van der Waals surface area contributed by atoms with Crippen LogP contribution < -0.4 is 5.32 Å². The highest BCUT2D eigenvalue weighted by atomic mass is 16.7. The highest BCUT2D eigenvalue weighted by Crippen LogP contribution is 2.30. The van der Waals surface area contributed by atoms with E-state index in [9.17, 15) is 9.90 Å². The molecule has 164 valence electrons. The van der Waals surface area contributed by atoms with E-state index in [1.807, 2.05) is 66.7 Å². The summed E-state index contributed by atoms with van der Waals surface area (Å²) in [6.07, 6.45) is 0.0556. The number of carbonyl (C=O) groups excluding carboxylic acids is 1. The molecule has 4 rings (SSSR count). The van der Waals surface area contributed by atoms with E-state index >= 15 is 0 Å². The zero-order valence-electron chi connectivity index (χ0n) is 17.3. The molecule has 0 unspecified atom stereocenters. The van der Waals surface area contributed by atoms with E-state index in [1.54, 1.807) is 6.08 Å². The highest BCUT2D eigenvalue weighted by Gasteiger charge is 2.49. The Morgan fingerprint density at radius 3 is 2.55 bits per heavy atom. The second kappa shape index (κ2) is 10.2. The number of aliphatic hydroxyl groups is 1. The Balaban J connectivity index is 1.43. The molecule has 2 saturated heterocycles. The number of ether oxygens (including phenoxy) is 4. The van der Waals surface area contributed by atoms with Crippen LogP contribution in [0, 0.1) is 0 Å². The Kier molecular flexibility index (Phi) is 7.11. The van der Waals surface area contributed by atoms with Crippen molar-refractivity contribution in [3.05, 3.63) is 77.9 Å². The van der Waals surface area contributed by atoms with Crippen LogP contribution in [0.25, 0.3) is 6.08 Å². The van der Waals surface area contributed by atoms with Gasteiger partial charge < -0.3 is 29.4 Å². The van der Waals surface area contributed by atoms with Crippen molar-refractivity contribution in [3.63, 3.8) is 0 Å². The summed E-state index contributed by atoms with van der Waals surface area (Å²) in [4.78, 5) is 11.8. The Hall–Kier alpha value is -2.55. The first-order chi connectivity index (χ1) is 15.1. The molecule has 2 aromatic carbocycles. The van der Waals surface area contributed by atoms with Crippen molar-refractivity contribution in [2.75, 3.05) is 6.61 Å². The smallest absolute Gasteiger partial charge is 0.217 e. The third-order valence-corrected chi connectivity index (χ3v) is 5.26. The maximum Gasteiger partial charge on any atom is 0.217 e. The predicted octanol–water partition coefficient (Wildman–Crippen LogP) is 2.25. The molecular formula is C24H27NO6. The topological polar surface area (TPSA) is 86.3 Å². The number of aliphatic hydroxyl groups excluding tert-OH is 1. The third-order valence-electron chi connectivity index (χ3n) is 5.26. The number of rotatable bonds is 6. The predicted molar refractivity (Wildman–Crippen MR) is 114 cm³/mol. The van der Waals surface area contributed by atoms with Crippen LogP contribution in [0.4, 0.5) is 0 Å². The molecule has 31 heavy (non-hydrogen) atoms. The van der Waals surface area contributed by atoms with Crippen molar-refractivity contribution in [2.24, 2.45) is 0 Å². The Morgan fingerprint density at radius 1 is 1.13 bits per heavy atom. The zero-order valence-corrected chi connectivity index (χ0v) is 17.3. The molecule has 0 aromatic heterocycles. The molecule has 0 aliphatic carbocycles. The molecule has 2 N–H and O–H groups in total. The second-order valence-corrected chi connectivity index (χ2v) is 7.63. The Bertz CT molecular complexity index is 874. The van der Waals surface area contributed by atoms with E-state index in [0.717, 1.165) is 11.1 Å². The summed E-state index contributed by atoms with van der Waals surface area (Å²) in [5, 5.41) is 13.8. The standard InChI is InChI=1S/C24H27NO6/c1-16(26)25-21-22(27)23-19(30-24(21)29-14-18-10-6-3-7-11-18)15-28-20(31-23)13-12-17-8-4-2-5-9-17/h2-13,19-24,27H,14-15H2,1H3,(H,25,26)/b13-12+/t19-,20-,21-,22-,23-,24-/m1/s1.